The van der Waals surface area contributed by atoms with E-state index in [-0.39, 0.29) is 23.1 Å². The molecule has 10 heteroatoms. The van der Waals surface area contributed by atoms with Crippen molar-refractivity contribution in [3.05, 3.63) is 54.4 Å². The topological polar surface area (TPSA) is 105 Å². The van der Waals surface area contributed by atoms with Crippen LogP contribution >= 0.6 is 0 Å². The van der Waals surface area contributed by atoms with Gasteiger partial charge in [0.1, 0.15) is 11.9 Å². The van der Waals surface area contributed by atoms with Gasteiger partial charge in [-0.05, 0) is 50.1 Å². The highest BCUT2D eigenvalue weighted by molar-refractivity contribution is 7.89. The van der Waals surface area contributed by atoms with Crippen LogP contribution in [0.2, 0.25) is 0 Å². The van der Waals surface area contributed by atoms with Gasteiger partial charge in [-0.3, -0.25) is 9.59 Å². The fourth-order valence-corrected chi connectivity index (χ4v) is 5.44. The number of aromatic nitrogens is 2. The van der Waals surface area contributed by atoms with E-state index in [1.165, 1.54) is 18.4 Å². The summed E-state index contributed by atoms with van der Waals surface area (Å²) in [5.41, 5.74) is 2.12. The van der Waals surface area contributed by atoms with E-state index < -0.39 is 16.1 Å². The summed E-state index contributed by atoms with van der Waals surface area (Å²) < 4.78 is 28.2. The fraction of sp³-hybridized carbons (Fsp3) is 0.400. The molecular weight excluding hydrogens is 466 g/mol. The molecule has 0 radical (unpaired) electrons. The second-order valence-corrected chi connectivity index (χ2v) is 11.0. The molecule has 1 fully saturated rings. The number of anilines is 1. The Bertz CT molecular complexity index is 1330. The first-order chi connectivity index (χ1) is 16.7. The van der Waals surface area contributed by atoms with Gasteiger partial charge in [0.25, 0.3) is 0 Å². The monoisotopic (exact) mass is 497 g/mol. The van der Waals surface area contributed by atoms with Crippen LogP contribution < -0.4 is 5.32 Å². The number of carbonyl (C=O) groups excluding carboxylic acids is 2. The zero-order valence-electron chi connectivity index (χ0n) is 20.3. The number of amides is 2. The first-order valence-corrected chi connectivity index (χ1v) is 13.2. The van der Waals surface area contributed by atoms with Crippen LogP contribution in [0.3, 0.4) is 0 Å². The molecule has 1 N–H and O–H groups in total. The van der Waals surface area contributed by atoms with Gasteiger partial charge in [-0.25, -0.2) is 17.7 Å². The van der Waals surface area contributed by atoms with Crippen LogP contribution in [0.4, 0.5) is 5.69 Å². The second kappa shape index (κ2) is 10.2. The number of nitrogens with one attached hydrogen (secondary N) is 1. The molecule has 1 unspecified atom stereocenters. The molecule has 186 valence electrons. The van der Waals surface area contributed by atoms with Crippen molar-refractivity contribution in [3.8, 4) is 0 Å². The van der Waals surface area contributed by atoms with Crippen molar-refractivity contribution in [2.24, 2.45) is 0 Å². The minimum atomic E-state index is -3.57. The van der Waals surface area contributed by atoms with Crippen molar-refractivity contribution >= 4 is 38.6 Å². The number of carbonyl (C=O) groups is 2. The summed E-state index contributed by atoms with van der Waals surface area (Å²) in [6.07, 6.45) is 2.05. The molecule has 2 heterocycles. The third-order valence-electron chi connectivity index (χ3n) is 6.37. The molecular formula is C25H31N5O4S. The maximum atomic E-state index is 13.1. The number of hydrogen-bond acceptors (Lipinski definition) is 5. The average molecular weight is 498 g/mol. The van der Waals surface area contributed by atoms with E-state index >= 15 is 0 Å². The van der Waals surface area contributed by atoms with E-state index in [0.29, 0.717) is 37.1 Å². The highest BCUT2D eigenvalue weighted by Crippen LogP contribution is 2.24. The van der Waals surface area contributed by atoms with Crippen molar-refractivity contribution in [1.29, 1.82) is 0 Å². The van der Waals surface area contributed by atoms with Gasteiger partial charge < -0.3 is 14.8 Å². The molecule has 1 aromatic heterocycles. The van der Waals surface area contributed by atoms with Crippen LogP contribution in [-0.4, -0.2) is 65.7 Å². The normalized spacial score (nSPS) is 16.2. The third-order valence-corrected chi connectivity index (χ3v) is 8.18. The van der Waals surface area contributed by atoms with Crippen LogP contribution in [-0.2, 0) is 32.6 Å². The molecule has 3 aromatic rings. The molecule has 35 heavy (non-hydrogen) atoms. The SMILES string of the molecule is CCn1c(CCC(=O)N2CCCC2C(=O)Nc2ccccc2)nc2cc(S(=O)(=O)N(C)C)ccc21. The predicted octanol–water partition coefficient (Wildman–Crippen LogP) is 2.87. The van der Waals surface area contributed by atoms with Crippen LogP contribution in [0, 0.1) is 0 Å². The summed E-state index contributed by atoms with van der Waals surface area (Å²) in [4.78, 5) is 32.4. The Balaban J connectivity index is 1.48. The van der Waals surface area contributed by atoms with Gasteiger partial charge in [-0.15, -0.1) is 0 Å². The molecule has 0 bridgehead atoms. The predicted molar refractivity (Wildman–Crippen MR) is 134 cm³/mol. The van der Waals surface area contributed by atoms with Crippen molar-refractivity contribution in [3.63, 3.8) is 0 Å². The first-order valence-electron chi connectivity index (χ1n) is 11.8. The first kappa shape index (κ1) is 24.9. The molecule has 4 rings (SSSR count). The van der Waals surface area contributed by atoms with E-state index in [1.54, 1.807) is 23.1 Å². The van der Waals surface area contributed by atoms with Crippen molar-refractivity contribution < 1.29 is 18.0 Å². The van der Waals surface area contributed by atoms with Crippen molar-refractivity contribution in [1.82, 2.24) is 18.8 Å². The lowest BCUT2D eigenvalue weighted by Gasteiger charge is -2.24. The Morgan fingerprint density at radius 2 is 1.89 bits per heavy atom. The molecule has 2 aromatic carbocycles. The van der Waals surface area contributed by atoms with Gasteiger partial charge in [0, 0.05) is 45.7 Å². The summed E-state index contributed by atoms with van der Waals surface area (Å²) in [5, 5.41) is 2.90. The molecule has 9 nitrogen and oxygen atoms in total. The highest BCUT2D eigenvalue weighted by Gasteiger charge is 2.34. The third kappa shape index (κ3) is 5.08. The second-order valence-electron chi connectivity index (χ2n) is 8.81. The number of para-hydroxylation sites is 1. The zero-order chi connectivity index (χ0) is 25.2. The van der Waals surface area contributed by atoms with Crippen LogP contribution in [0.15, 0.2) is 53.4 Å². The lowest BCUT2D eigenvalue weighted by atomic mass is 10.2. The summed E-state index contributed by atoms with van der Waals surface area (Å²) in [6, 6.07) is 13.7. The van der Waals surface area contributed by atoms with E-state index in [0.717, 1.165) is 17.8 Å². The van der Waals surface area contributed by atoms with E-state index in [2.05, 4.69) is 10.3 Å². The molecule has 2 amide bonds. The Morgan fingerprint density at radius 3 is 2.57 bits per heavy atom. The van der Waals surface area contributed by atoms with Gasteiger partial charge in [-0.2, -0.15) is 0 Å². The van der Waals surface area contributed by atoms with Crippen molar-refractivity contribution in [2.45, 2.75) is 50.1 Å². The molecule has 1 aliphatic heterocycles. The molecule has 0 spiro atoms. The Kier molecular flexibility index (Phi) is 7.23. The smallest absolute Gasteiger partial charge is 0.247 e. The van der Waals surface area contributed by atoms with Gasteiger partial charge in [0.15, 0.2) is 0 Å². The highest BCUT2D eigenvalue weighted by atomic mass is 32.2. The Labute approximate surface area is 205 Å². The molecule has 1 saturated heterocycles. The number of sulfonamides is 1. The van der Waals surface area contributed by atoms with Crippen LogP contribution in [0.1, 0.15) is 32.0 Å². The number of aryl methyl sites for hydroxylation is 2. The number of likely N-dealkylation sites (tertiary alicyclic amines) is 1. The Morgan fingerprint density at radius 1 is 1.14 bits per heavy atom. The number of nitrogens with zero attached hydrogens (tertiary/aromatic N) is 4. The minimum absolute atomic E-state index is 0.0821. The standard InChI is InChI=1S/C25H31N5O4S/c1-4-29-21-13-12-19(35(33,34)28(2)3)17-20(21)27-23(29)14-15-24(31)30-16-8-11-22(30)25(32)26-18-9-6-5-7-10-18/h5-7,9-10,12-13,17,22H,4,8,11,14-16H2,1-3H3,(H,26,32). The van der Waals surface area contributed by atoms with Crippen molar-refractivity contribution in [2.75, 3.05) is 26.0 Å². The zero-order valence-corrected chi connectivity index (χ0v) is 21.1. The number of hydrogen-bond donors (Lipinski definition) is 1. The fourth-order valence-electron chi connectivity index (χ4n) is 4.52. The summed E-state index contributed by atoms with van der Waals surface area (Å²) in [5.74, 6) is 0.471. The van der Waals surface area contributed by atoms with Crippen LogP contribution in [0.25, 0.3) is 11.0 Å². The number of imidazole rings is 1. The van der Waals surface area contributed by atoms with Gasteiger partial charge in [0.05, 0.1) is 15.9 Å². The van der Waals surface area contributed by atoms with E-state index in [4.69, 9.17) is 0 Å². The van der Waals surface area contributed by atoms with E-state index in [9.17, 15) is 18.0 Å². The largest absolute Gasteiger partial charge is 0.331 e. The lowest BCUT2D eigenvalue weighted by Crippen LogP contribution is -2.43. The maximum Gasteiger partial charge on any atom is 0.247 e. The van der Waals surface area contributed by atoms with E-state index in [1.807, 2.05) is 41.8 Å². The lowest BCUT2D eigenvalue weighted by molar-refractivity contribution is -0.136. The maximum absolute atomic E-state index is 13.1. The molecule has 0 aliphatic carbocycles. The number of benzene rings is 2. The Hall–Kier alpha value is -3.24. The molecule has 0 saturated carbocycles. The minimum Gasteiger partial charge on any atom is -0.331 e. The number of rotatable bonds is 8. The summed E-state index contributed by atoms with van der Waals surface area (Å²) >= 11 is 0. The quantitative estimate of drug-likeness (QED) is 0.515. The molecule has 1 aliphatic rings. The van der Waals surface area contributed by atoms with Crippen LogP contribution in [0.5, 0.6) is 0 Å². The van der Waals surface area contributed by atoms with Gasteiger partial charge >= 0.3 is 0 Å². The average Bonchev–Trinajstić information content (AvgIpc) is 3.47. The van der Waals surface area contributed by atoms with Gasteiger partial charge in [0.2, 0.25) is 21.8 Å². The number of fused-ring (bicyclic) bond motifs is 1. The molecule has 1 atom stereocenters. The summed E-state index contributed by atoms with van der Waals surface area (Å²) in [6.45, 7) is 3.19. The summed E-state index contributed by atoms with van der Waals surface area (Å²) in [7, 11) is -0.581. The van der Waals surface area contributed by atoms with Gasteiger partial charge in [-0.1, -0.05) is 18.2 Å².